The number of carboxylic acids is 1. The number of hydrogen-bond acceptors (Lipinski definition) is 4. The number of benzene rings is 2. The first-order chi connectivity index (χ1) is 15.4. The first-order valence-corrected chi connectivity index (χ1v) is 11.1. The topological polar surface area (TPSA) is 95.9 Å². The maximum atomic E-state index is 12.2. The molecule has 4 rings (SSSR count). The Morgan fingerprint density at radius 3 is 2.22 bits per heavy atom. The van der Waals surface area contributed by atoms with Crippen LogP contribution in [0.25, 0.3) is 11.1 Å². The van der Waals surface area contributed by atoms with Gasteiger partial charge in [-0.05, 0) is 35.1 Å². The zero-order valence-corrected chi connectivity index (χ0v) is 18.2. The third kappa shape index (κ3) is 4.07. The smallest absolute Gasteiger partial charge is 0.407 e. The molecule has 2 aromatic rings. The summed E-state index contributed by atoms with van der Waals surface area (Å²) in [5.74, 6) is -0.917. The molecule has 1 saturated heterocycles. The van der Waals surface area contributed by atoms with Crippen molar-refractivity contribution in [1.82, 2.24) is 10.2 Å². The van der Waals surface area contributed by atoms with Crippen molar-refractivity contribution in [2.24, 2.45) is 5.41 Å². The molecule has 1 fully saturated rings. The van der Waals surface area contributed by atoms with Gasteiger partial charge < -0.3 is 20.1 Å². The molecule has 0 aromatic heterocycles. The molecule has 7 heteroatoms. The molecular formula is C25H28N2O5. The van der Waals surface area contributed by atoms with E-state index in [4.69, 9.17) is 4.74 Å². The maximum Gasteiger partial charge on any atom is 0.407 e. The van der Waals surface area contributed by atoms with Crippen molar-refractivity contribution >= 4 is 18.0 Å². The van der Waals surface area contributed by atoms with E-state index in [9.17, 15) is 19.5 Å². The second kappa shape index (κ2) is 9.02. The zero-order valence-electron chi connectivity index (χ0n) is 18.2. The van der Waals surface area contributed by atoms with Crippen molar-refractivity contribution in [2.45, 2.75) is 32.1 Å². The molecule has 0 saturated carbocycles. The van der Waals surface area contributed by atoms with Crippen LogP contribution >= 0.6 is 0 Å². The van der Waals surface area contributed by atoms with Crippen molar-refractivity contribution in [2.75, 3.05) is 26.2 Å². The second-order valence-corrected chi connectivity index (χ2v) is 8.54. The molecule has 0 spiro atoms. The van der Waals surface area contributed by atoms with Gasteiger partial charge in [-0.1, -0.05) is 55.5 Å². The summed E-state index contributed by atoms with van der Waals surface area (Å²) in [6.07, 6.45) is 0.753. The van der Waals surface area contributed by atoms with Gasteiger partial charge in [0.1, 0.15) is 12.0 Å². The Morgan fingerprint density at radius 2 is 1.66 bits per heavy atom. The van der Waals surface area contributed by atoms with Crippen molar-refractivity contribution < 1.29 is 24.2 Å². The van der Waals surface area contributed by atoms with Gasteiger partial charge in [0, 0.05) is 32.0 Å². The minimum atomic E-state index is -0.846. The van der Waals surface area contributed by atoms with E-state index in [-0.39, 0.29) is 37.9 Å². The largest absolute Gasteiger partial charge is 0.481 e. The Kier molecular flexibility index (Phi) is 6.17. The standard InChI is InChI=1S/C25H28N2O5/c1-2-25(23(29)30)15-27(16-25)22(28)12-7-13-26-24(31)32-14-21-19-10-5-3-8-17(19)18-9-4-6-11-20(18)21/h3-6,8-11,21H,2,7,12-16H2,1H3,(H,26,31)(H,29,30). The highest BCUT2D eigenvalue weighted by Gasteiger charge is 2.49. The number of nitrogens with zero attached hydrogens (tertiary/aromatic N) is 1. The van der Waals surface area contributed by atoms with Gasteiger partial charge >= 0.3 is 12.1 Å². The predicted octanol–water partition coefficient (Wildman–Crippen LogP) is 3.63. The Morgan fingerprint density at radius 1 is 1.06 bits per heavy atom. The van der Waals surface area contributed by atoms with E-state index in [1.165, 1.54) is 11.1 Å². The number of hydrogen-bond donors (Lipinski definition) is 2. The normalized spacial score (nSPS) is 16.0. The van der Waals surface area contributed by atoms with Gasteiger partial charge in [0.2, 0.25) is 5.91 Å². The lowest BCUT2D eigenvalue weighted by Crippen LogP contribution is -2.61. The molecule has 2 N–H and O–H groups in total. The van der Waals surface area contributed by atoms with Gasteiger partial charge in [-0.2, -0.15) is 0 Å². The summed E-state index contributed by atoms with van der Waals surface area (Å²) in [5, 5.41) is 12.0. The summed E-state index contributed by atoms with van der Waals surface area (Å²) < 4.78 is 5.48. The first-order valence-electron chi connectivity index (χ1n) is 11.1. The van der Waals surface area contributed by atoms with E-state index < -0.39 is 17.5 Å². The molecule has 2 amide bonds. The van der Waals surface area contributed by atoms with Crippen LogP contribution in [0.4, 0.5) is 4.79 Å². The van der Waals surface area contributed by atoms with Gasteiger partial charge in [-0.15, -0.1) is 0 Å². The minimum Gasteiger partial charge on any atom is -0.481 e. The molecule has 0 bridgehead atoms. The average Bonchev–Trinajstić information content (AvgIpc) is 3.08. The number of aliphatic carboxylic acids is 1. The zero-order chi connectivity index (χ0) is 22.7. The Labute approximate surface area is 187 Å². The molecule has 2 aromatic carbocycles. The summed E-state index contributed by atoms with van der Waals surface area (Å²) in [6, 6.07) is 16.3. The average molecular weight is 437 g/mol. The van der Waals surface area contributed by atoms with E-state index in [1.54, 1.807) is 4.90 Å². The van der Waals surface area contributed by atoms with Crippen LogP contribution in [-0.4, -0.2) is 54.2 Å². The number of amides is 2. The number of rotatable bonds is 8. The summed E-state index contributed by atoms with van der Waals surface area (Å²) in [4.78, 5) is 37.3. The quantitative estimate of drug-likeness (QED) is 0.616. The molecule has 1 aliphatic carbocycles. The number of alkyl carbamates (subject to hydrolysis) is 1. The van der Waals surface area contributed by atoms with Crippen molar-refractivity contribution in [3.63, 3.8) is 0 Å². The number of carbonyl (C=O) groups is 3. The van der Waals surface area contributed by atoms with E-state index in [0.29, 0.717) is 19.4 Å². The fourth-order valence-corrected chi connectivity index (χ4v) is 4.61. The molecule has 0 atom stereocenters. The van der Waals surface area contributed by atoms with Gasteiger partial charge in [0.05, 0.1) is 0 Å². The monoisotopic (exact) mass is 436 g/mol. The Bertz CT molecular complexity index is 983. The van der Waals surface area contributed by atoms with Crippen LogP contribution < -0.4 is 5.32 Å². The summed E-state index contributed by atoms with van der Waals surface area (Å²) >= 11 is 0. The fourth-order valence-electron chi connectivity index (χ4n) is 4.61. The maximum absolute atomic E-state index is 12.2. The minimum absolute atomic E-state index is 0.00853. The van der Waals surface area contributed by atoms with Crippen LogP contribution in [0.3, 0.4) is 0 Å². The van der Waals surface area contributed by atoms with E-state index in [1.807, 2.05) is 31.2 Å². The lowest BCUT2D eigenvalue weighted by Gasteiger charge is -2.46. The number of carbonyl (C=O) groups excluding carboxylic acids is 2. The second-order valence-electron chi connectivity index (χ2n) is 8.54. The van der Waals surface area contributed by atoms with Gasteiger partial charge in [0.15, 0.2) is 0 Å². The summed E-state index contributed by atoms with van der Waals surface area (Å²) in [5.41, 5.74) is 3.88. The van der Waals surface area contributed by atoms with Crippen molar-refractivity contribution in [1.29, 1.82) is 0 Å². The molecular weight excluding hydrogens is 408 g/mol. The highest BCUT2D eigenvalue weighted by atomic mass is 16.5. The Balaban J connectivity index is 1.20. The van der Waals surface area contributed by atoms with Crippen LogP contribution in [0, 0.1) is 5.41 Å². The van der Waals surface area contributed by atoms with Crippen molar-refractivity contribution in [3.8, 4) is 11.1 Å². The third-order valence-electron chi connectivity index (χ3n) is 6.65. The molecule has 2 aliphatic rings. The number of likely N-dealkylation sites (tertiary alicyclic amines) is 1. The van der Waals surface area contributed by atoms with Crippen LogP contribution in [-0.2, 0) is 14.3 Å². The molecule has 1 aliphatic heterocycles. The molecule has 1 heterocycles. The lowest BCUT2D eigenvalue weighted by atomic mass is 9.77. The molecule has 32 heavy (non-hydrogen) atoms. The summed E-state index contributed by atoms with van der Waals surface area (Å²) in [7, 11) is 0. The number of nitrogens with one attached hydrogen (secondary N) is 1. The number of ether oxygens (including phenoxy) is 1. The molecule has 0 unspecified atom stereocenters. The van der Waals surface area contributed by atoms with Gasteiger partial charge in [-0.3, -0.25) is 9.59 Å². The van der Waals surface area contributed by atoms with Crippen LogP contribution in [0.15, 0.2) is 48.5 Å². The van der Waals surface area contributed by atoms with E-state index in [2.05, 4.69) is 29.6 Å². The predicted molar refractivity (Wildman–Crippen MR) is 119 cm³/mol. The van der Waals surface area contributed by atoms with Crippen LogP contribution in [0.2, 0.25) is 0 Å². The van der Waals surface area contributed by atoms with Crippen molar-refractivity contribution in [3.05, 3.63) is 59.7 Å². The SMILES string of the molecule is CCC1(C(=O)O)CN(C(=O)CCCNC(=O)OCC2c3ccccc3-c3ccccc32)C1. The van der Waals surface area contributed by atoms with Gasteiger partial charge in [0.25, 0.3) is 0 Å². The molecule has 168 valence electrons. The molecule has 7 nitrogen and oxygen atoms in total. The third-order valence-corrected chi connectivity index (χ3v) is 6.65. The highest BCUT2D eigenvalue weighted by molar-refractivity contribution is 5.83. The lowest BCUT2D eigenvalue weighted by molar-refractivity contribution is -0.166. The number of fused-ring (bicyclic) bond motifs is 3. The first kappa shape index (κ1) is 21.9. The molecule has 0 radical (unpaired) electrons. The van der Waals surface area contributed by atoms with Crippen LogP contribution in [0.1, 0.15) is 43.2 Å². The van der Waals surface area contributed by atoms with Crippen LogP contribution in [0.5, 0.6) is 0 Å². The summed E-state index contributed by atoms with van der Waals surface area (Å²) in [6.45, 7) is 2.93. The van der Waals surface area contributed by atoms with Gasteiger partial charge in [-0.25, -0.2) is 4.79 Å². The Hall–Kier alpha value is -3.35. The highest BCUT2D eigenvalue weighted by Crippen LogP contribution is 2.44. The van der Waals surface area contributed by atoms with E-state index >= 15 is 0 Å². The fraction of sp³-hybridized carbons (Fsp3) is 0.400. The van der Waals surface area contributed by atoms with E-state index in [0.717, 1.165) is 11.1 Å². The number of carboxylic acid groups (broad SMARTS) is 1.